The number of aliphatic imine (C=N–C) groups is 1. The number of rotatable bonds is 4. The van der Waals surface area contributed by atoms with E-state index in [1.54, 1.807) is 6.21 Å². The van der Waals surface area contributed by atoms with Crippen LogP contribution in [0.25, 0.3) is 0 Å². The summed E-state index contributed by atoms with van der Waals surface area (Å²) in [6.45, 7) is 5.92. The van der Waals surface area contributed by atoms with E-state index >= 15 is 0 Å². The minimum absolute atomic E-state index is 0.660. The van der Waals surface area contributed by atoms with Crippen LogP contribution in [-0.4, -0.2) is 18.2 Å². The van der Waals surface area contributed by atoms with Crippen LogP contribution in [-0.2, 0) is 0 Å². The van der Waals surface area contributed by atoms with Crippen molar-refractivity contribution < 1.29 is 0 Å². The third kappa shape index (κ3) is 4.51. The molecule has 0 aliphatic heterocycles. The fourth-order valence-corrected chi connectivity index (χ4v) is 0.933. The van der Waals surface area contributed by atoms with Crippen molar-refractivity contribution in [2.45, 2.75) is 27.2 Å². The molecule has 0 amide bonds. The molecule has 0 rings (SSSR count). The normalized spacial score (nSPS) is 13.1. The van der Waals surface area contributed by atoms with Crippen molar-refractivity contribution in [1.82, 2.24) is 4.90 Å². The smallest absolute Gasteiger partial charge is 0.0559 e. The van der Waals surface area contributed by atoms with Crippen molar-refractivity contribution >= 4 is 6.21 Å². The second-order valence-corrected chi connectivity index (χ2v) is 2.96. The lowest BCUT2D eigenvalue weighted by molar-refractivity contribution is 0.559. The Bertz CT molecular complexity index is 290. The molecule has 0 unspecified atom stereocenters. The molecule has 14 heavy (non-hydrogen) atoms. The van der Waals surface area contributed by atoms with Gasteiger partial charge < -0.3 is 4.90 Å². The first kappa shape index (κ1) is 12.5. The van der Waals surface area contributed by atoms with E-state index in [-0.39, 0.29) is 0 Å². The SMILES string of the molecule is C#CC/C=C\N(C)/C(C)=C(/C)N=CC. The summed E-state index contributed by atoms with van der Waals surface area (Å²) in [6, 6.07) is 0. The molecular weight excluding hydrogens is 172 g/mol. The highest BCUT2D eigenvalue weighted by atomic mass is 15.1. The van der Waals surface area contributed by atoms with Crippen molar-refractivity contribution in [2.75, 3.05) is 7.05 Å². The van der Waals surface area contributed by atoms with Crippen LogP contribution >= 0.6 is 0 Å². The van der Waals surface area contributed by atoms with Crippen molar-refractivity contribution in [2.24, 2.45) is 4.99 Å². The van der Waals surface area contributed by atoms with Gasteiger partial charge in [0.1, 0.15) is 0 Å². The topological polar surface area (TPSA) is 15.6 Å². The standard InChI is InChI=1S/C12H18N2/c1-6-8-9-10-14(5)12(4)11(3)13-7-2/h1,7,9-10H,8H2,2-5H3/b10-9-,12-11-,13-7?. The Morgan fingerprint density at radius 3 is 2.64 bits per heavy atom. The Morgan fingerprint density at radius 2 is 2.14 bits per heavy atom. The van der Waals surface area contributed by atoms with Gasteiger partial charge >= 0.3 is 0 Å². The lowest BCUT2D eigenvalue weighted by atomic mass is 10.3. The molecule has 0 bridgehead atoms. The van der Waals surface area contributed by atoms with Crippen LogP contribution in [0.1, 0.15) is 27.2 Å². The molecule has 0 heterocycles. The highest BCUT2D eigenvalue weighted by molar-refractivity contribution is 5.55. The highest BCUT2D eigenvalue weighted by Crippen LogP contribution is 2.08. The van der Waals surface area contributed by atoms with Crippen LogP contribution < -0.4 is 0 Å². The lowest BCUT2D eigenvalue weighted by Crippen LogP contribution is -2.08. The molecule has 0 radical (unpaired) electrons. The molecule has 0 aromatic carbocycles. The molecule has 2 heteroatoms. The molecule has 0 atom stereocenters. The monoisotopic (exact) mass is 190 g/mol. The molecule has 0 N–H and O–H groups in total. The quantitative estimate of drug-likeness (QED) is 0.491. The lowest BCUT2D eigenvalue weighted by Gasteiger charge is -2.15. The summed E-state index contributed by atoms with van der Waals surface area (Å²) in [6.07, 6.45) is 11.5. The maximum absolute atomic E-state index is 5.14. The molecule has 0 aliphatic rings. The number of terminal acetylenes is 1. The summed E-state index contributed by atoms with van der Waals surface area (Å²) in [5.41, 5.74) is 2.14. The van der Waals surface area contributed by atoms with Gasteiger partial charge in [-0.25, -0.2) is 0 Å². The predicted octanol–water partition coefficient (Wildman–Crippen LogP) is 2.80. The Hall–Kier alpha value is -1.49. The van der Waals surface area contributed by atoms with E-state index in [0.29, 0.717) is 6.42 Å². The van der Waals surface area contributed by atoms with Gasteiger partial charge in [-0.3, -0.25) is 4.99 Å². The Labute approximate surface area is 87.0 Å². The van der Waals surface area contributed by atoms with Crippen LogP contribution in [0.2, 0.25) is 0 Å². The Morgan fingerprint density at radius 1 is 1.50 bits per heavy atom. The summed E-state index contributed by atoms with van der Waals surface area (Å²) >= 11 is 0. The molecule has 0 aromatic heterocycles. The molecule has 0 saturated carbocycles. The number of hydrogen-bond acceptors (Lipinski definition) is 2. The van der Waals surface area contributed by atoms with Gasteiger partial charge in [0.25, 0.3) is 0 Å². The second kappa shape index (κ2) is 6.97. The minimum atomic E-state index is 0.660. The van der Waals surface area contributed by atoms with E-state index in [1.807, 2.05) is 45.0 Å². The van der Waals surface area contributed by atoms with Gasteiger partial charge in [-0.05, 0) is 20.8 Å². The predicted molar refractivity (Wildman–Crippen MR) is 62.9 cm³/mol. The van der Waals surface area contributed by atoms with E-state index in [2.05, 4.69) is 10.9 Å². The Balaban J connectivity index is 4.46. The van der Waals surface area contributed by atoms with Gasteiger partial charge in [0, 0.05) is 31.6 Å². The van der Waals surface area contributed by atoms with Crippen molar-refractivity contribution in [1.29, 1.82) is 0 Å². The van der Waals surface area contributed by atoms with Crippen molar-refractivity contribution in [3.05, 3.63) is 23.7 Å². The van der Waals surface area contributed by atoms with E-state index in [0.717, 1.165) is 11.4 Å². The number of allylic oxidation sites excluding steroid dienone is 3. The van der Waals surface area contributed by atoms with Gasteiger partial charge in [0.05, 0.1) is 5.70 Å². The van der Waals surface area contributed by atoms with Crippen LogP contribution in [0.4, 0.5) is 0 Å². The molecule has 0 aromatic rings. The number of hydrogen-bond donors (Lipinski definition) is 0. The molecule has 0 fully saturated rings. The summed E-state index contributed by atoms with van der Waals surface area (Å²) in [7, 11) is 1.98. The highest BCUT2D eigenvalue weighted by Gasteiger charge is 1.97. The fraction of sp³-hybridized carbons (Fsp3) is 0.417. The van der Waals surface area contributed by atoms with Gasteiger partial charge in [-0.2, -0.15) is 0 Å². The van der Waals surface area contributed by atoms with E-state index in [1.165, 1.54) is 0 Å². The summed E-state index contributed by atoms with van der Waals surface area (Å²) in [5.74, 6) is 2.56. The van der Waals surface area contributed by atoms with Crippen LogP contribution in [0.5, 0.6) is 0 Å². The fourth-order valence-electron chi connectivity index (χ4n) is 0.933. The molecular formula is C12H18N2. The molecule has 0 spiro atoms. The van der Waals surface area contributed by atoms with Crippen LogP contribution in [0, 0.1) is 12.3 Å². The summed E-state index contributed by atoms with van der Waals surface area (Å²) in [5, 5.41) is 0. The van der Waals surface area contributed by atoms with Gasteiger partial charge in [-0.1, -0.05) is 6.08 Å². The van der Waals surface area contributed by atoms with Crippen LogP contribution in [0.3, 0.4) is 0 Å². The Kier molecular flexibility index (Phi) is 6.22. The average Bonchev–Trinajstić information content (AvgIpc) is 2.17. The first-order valence-electron chi connectivity index (χ1n) is 4.62. The zero-order valence-electron chi connectivity index (χ0n) is 9.41. The minimum Gasteiger partial charge on any atom is -0.353 e. The van der Waals surface area contributed by atoms with E-state index < -0.39 is 0 Å². The molecule has 0 aliphatic carbocycles. The largest absolute Gasteiger partial charge is 0.353 e. The summed E-state index contributed by atoms with van der Waals surface area (Å²) < 4.78 is 0. The zero-order chi connectivity index (χ0) is 11.0. The van der Waals surface area contributed by atoms with Crippen LogP contribution in [0.15, 0.2) is 28.7 Å². The maximum atomic E-state index is 5.14. The first-order valence-corrected chi connectivity index (χ1v) is 4.62. The van der Waals surface area contributed by atoms with Gasteiger partial charge in [0.15, 0.2) is 0 Å². The third-order valence-electron chi connectivity index (χ3n) is 1.94. The molecule has 76 valence electrons. The second-order valence-electron chi connectivity index (χ2n) is 2.96. The molecule has 2 nitrogen and oxygen atoms in total. The van der Waals surface area contributed by atoms with E-state index in [9.17, 15) is 0 Å². The first-order chi connectivity index (χ1) is 6.63. The van der Waals surface area contributed by atoms with E-state index in [4.69, 9.17) is 6.42 Å². The van der Waals surface area contributed by atoms with Gasteiger partial charge in [0.2, 0.25) is 0 Å². The molecule has 0 saturated heterocycles. The van der Waals surface area contributed by atoms with Crippen molar-refractivity contribution in [3.8, 4) is 12.3 Å². The zero-order valence-corrected chi connectivity index (χ0v) is 9.41. The maximum Gasteiger partial charge on any atom is 0.0559 e. The average molecular weight is 190 g/mol. The number of nitrogens with zero attached hydrogens (tertiary/aromatic N) is 2. The third-order valence-corrected chi connectivity index (χ3v) is 1.94. The van der Waals surface area contributed by atoms with Crippen molar-refractivity contribution in [3.63, 3.8) is 0 Å². The summed E-state index contributed by atoms with van der Waals surface area (Å²) in [4.78, 5) is 6.23. The van der Waals surface area contributed by atoms with Gasteiger partial charge in [-0.15, -0.1) is 12.3 Å².